The fourth-order valence-electron chi connectivity index (χ4n) is 4.73. The molecular weight excluding hydrogens is 578 g/mol. The van der Waals surface area contributed by atoms with E-state index in [-0.39, 0.29) is 28.9 Å². The molecule has 0 bridgehead atoms. The fraction of sp³-hybridized carbons (Fsp3) is 0.360. The molecule has 1 atom stereocenters. The minimum Gasteiger partial charge on any atom is -0.485 e. The summed E-state index contributed by atoms with van der Waals surface area (Å²) in [5, 5.41) is 4.37. The van der Waals surface area contributed by atoms with Crippen LogP contribution in [0.2, 0.25) is 0 Å². The molecule has 0 amide bonds. The SMILES string of the molecule is C[S+](O)CCOc1cc(N2CCN(CCn3c(=O)sc4c3nc(N)n3nc(-c5ccco5)nc43)CC2)c(F)cc1F. The minimum absolute atomic E-state index is 0.0390. The summed E-state index contributed by atoms with van der Waals surface area (Å²) < 4.78 is 52.7. The van der Waals surface area contributed by atoms with E-state index in [2.05, 4.69) is 20.0 Å². The van der Waals surface area contributed by atoms with Crippen LogP contribution in [0.15, 0.2) is 39.7 Å². The minimum atomic E-state index is -0.828. The summed E-state index contributed by atoms with van der Waals surface area (Å²) >= 11 is 0.206. The number of hydrogen-bond donors (Lipinski definition) is 2. The second kappa shape index (κ2) is 11.3. The van der Waals surface area contributed by atoms with Crippen LogP contribution in [-0.4, -0.2) is 84.9 Å². The lowest BCUT2D eigenvalue weighted by Gasteiger charge is -2.36. The first-order valence-corrected chi connectivity index (χ1v) is 15.4. The van der Waals surface area contributed by atoms with Crippen LogP contribution >= 0.6 is 11.3 Å². The number of fused-ring (bicyclic) bond motifs is 3. The highest BCUT2D eigenvalue weighted by atomic mass is 32.2. The lowest BCUT2D eigenvalue weighted by Crippen LogP contribution is -2.47. The number of thiazole rings is 1. The fourth-order valence-corrected chi connectivity index (χ4v) is 5.99. The number of furan rings is 1. The van der Waals surface area contributed by atoms with Crippen LogP contribution in [0, 0.1) is 11.6 Å². The molecular formula is C25H27F2N8O4S2+. The average molecular weight is 606 g/mol. The van der Waals surface area contributed by atoms with Crippen molar-refractivity contribution >= 4 is 50.1 Å². The van der Waals surface area contributed by atoms with Crippen LogP contribution in [-0.2, 0) is 17.7 Å². The van der Waals surface area contributed by atoms with E-state index in [4.69, 9.17) is 14.9 Å². The Balaban J connectivity index is 1.14. The summed E-state index contributed by atoms with van der Waals surface area (Å²) in [6.07, 6.45) is 3.17. The number of nitrogens with zero attached hydrogens (tertiary/aromatic N) is 7. The lowest BCUT2D eigenvalue weighted by atomic mass is 10.2. The molecule has 5 aromatic rings. The monoisotopic (exact) mass is 605 g/mol. The van der Waals surface area contributed by atoms with Crippen LogP contribution < -0.4 is 20.2 Å². The van der Waals surface area contributed by atoms with Crippen LogP contribution in [0.3, 0.4) is 0 Å². The van der Waals surface area contributed by atoms with Crippen molar-refractivity contribution in [1.29, 1.82) is 0 Å². The molecule has 0 saturated carbocycles. The normalized spacial score (nSPS) is 15.3. The molecule has 0 aliphatic carbocycles. The van der Waals surface area contributed by atoms with Crippen LogP contribution in [0.5, 0.6) is 5.75 Å². The molecule has 1 aliphatic heterocycles. The average Bonchev–Trinajstić information content (AvgIpc) is 3.68. The maximum Gasteiger partial charge on any atom is 0.309 e. The first kappa shape index (κ1) is 27.4. The number of anilines is 2. The Morgan fingerprint density at radius 2 is 1.95 bits per heavy atom. The molecule has 4 aromatic heterocycles. The van der Waals surface area contributed by atoms with Gasteiger partial charge in [0.25, 0.3) is 0 Å². The van der Waals surface area contributed by atoms with E-state index in [1.807, 2.05) is 4.90 Å². The van der Waals surface area contributed by atoms with E-state index < -0.39 is 22.8 Å². The summed E-state index contributed by atoms with van der Waals surface area (Å²) in [4.78, 5) is 25.8. The van der Waals surface area contributed by atoms with Gasteiger partial charge in [0.05, 0.1) is 12.0 Å². The number of ether oxygens (including phenoxy) is 1. The van der Waals surface area contributed by atoms with Gasteiger partial charge >= 0.3 is 4.87 Å². The van der Waals surface area contributed by atoms with Gasteiger partial charge in [-0.25, -0.2) is 13.8 Å². The molecule has 1 aromatic carbocycles. The molecule has 41 heavy (non-hydrogen) atoms. The summed E-state index contributed by atoms with van der Waals surface area (Å²) in [6.45, 7) is 3.34. The van der Waals surface area contributed by atoms with Gasteiger partial charge in [-0.1, -0.05) is 11.3 Å². The smallest absolute Gasteiger partial charge is 0.309 e. The second-order valence-electron chi connectivity index (χ2n) is 9.51. The lowest BCUT2D eigenvalue weighted by molar-refractivity contribution is 0.247. The Hall–Kier alpha value is -3.73. The van der Waals surface area contributed by atoms with Crippen LogP contribution in [0.1, 0.15) is 0 Å². The Labute approximate surface area is 239 Å². The van der Waals surface area contributed by atoms with Crippen molar-refractivity contribution in [1.82, 2.24) is 29.0 Å². The molecule has 1 fully saturated rings. The number of halogens is 2. The summed E-state index contributed by atoms with van der Waals surface area (Å²) in [7, 11) is 0. The van der Waals surface area contributed by atoms with Crippen LogP contribution in [0.4, 0.5) is 20.4 Å². The van der Waals surface area contributed by atoms with Gasteiger partial charge in [0.2, 0.25) is 11.8 Å². The van der Waals surface area contributed by atoms with Gasteiger partial charge in [0.1, 0.15) is 34.6 Å². The van der Waals surface area contributed by atoms with Crippen molar-refractivity contribution in [2.75, 3.05) is 62.0 Å². The van der Waals surface area contributed by atoms with Crippen molar-refractivity contribution in [3.8, 4) is 17.3 Å². The largest absolute Gasteiger partial charge is 0.485 e. The number of rotatable bonds is 9. The van der Waals surface area contributed by atoms with Gasteiger partial charge in [-0.15, -0.1) is 5.10 Å². The molecule has 1 unspecified atom stereocenters. The molecule has 1 saturated heterocycles. The zero-order valence-electron chi connectivity index (χ0n) is 22.0. The highest BCUT2D eigenvalue weighted by Crippen LogP contribution is 2.29. The van der Waals surface area contributed by atoms with E-state index >= 15 is 0 Å². The van der Waals surface area contributed by atoms with Gasteiger partial charge in [0, 0.05) is 51.4 Å². The number of piperazine rings is 1. The molecule has 0 radical (unpaired) electrons. The van der Waals surface area contributed by atoms with E-state index in [0.717, 1.165) is 17.4 Å². The Morgan fingerprint density at radius 1 is 1.15 bits per heavy atom. The van der Waals surface area contributed by atoms with Gasteiger partial charge in [0.15, 0.2) is 34.4 Å². The number of aromatic nitrogens is 5. The molecule has 216 valence electrons. The third-order valence-electron chi connectivity index (χ3n) is 6.85. The van der Waals surface area contributed by atoms with Gasteiger partial charge < -0.3 is 19.8 Å². The van der Waals surface area contributed by atoms with Gasteiger partial charge in [-0.3, -0.25) is 14.3 Å². The molecule has 6 rings (SSSR count). The van der Waals surface area contributed by atoms with E-state index in [1.165, 1.54) is 16.8 Å². The van der Waals surface area contributed by atoms with Crippen molar-refractivity contribution in [3.05, 3.63) is 51.8 Å². The van der Waals surface area contributed by atoms with E-state index in [9.17, 15) is 18.1 Å². The quantitative estimate of drug-likeness (QED) is 0.241. The Kier molecular flexibility index (Phi) is 7.54. The first-order valence-electron chi connectivity index (χ1n) is 12.8. The summed E-state index contributed by atoms with van der Waals surface area (Å²) in [6, 6.07) is 5.68. The Morgan fingerprint density at radius 3 is 2.68 bits per heavy atom. The maximum atomic E-state index is 14.7. The van der Waals surface area contributed by atoms with Crippen molar-refractivity contribution in [2.45, 2.75) is 6.54 Å². The predicted octanol–water partition coefficient (Wildman–Crippen LogP) is 2.54. The third-order valence-corrected chi connectivity index (χ3v) is 8.57. The maximum absolute atomic E-state index is 14.7. The molecule has 5 heterocycles. The second-order valence-corrected chi connectivity index (χ2v) is 12.1. The Bertz CT molecular complexity index is 1750. The van der Waals surface area contributed by atoms with E-state index in [1.54, 1.807) is 23.0 Å². The number of nitrogens with two attached hydrogens (primary N) is 1. The highest BCUT2D eigenvalue weighted by molar-refractivity contribution is 7.90. The molecule has 0 spiro atoms. The highest BCUT2D eigenvalue weighted by Gasteiger charge is 2.24. The molecule has 12 nitrogen and oxygen atoms in total. The van der Waals surface area contributed by atoms with Crippen LogP contribution in [0.25, 0.3) is 27.6 Å². The zero-order chi connectivity index (χ0) is 28.7. The number of hydrogen-bond acceptors (Lipinski definition) is 11. The third kappa shape index (κ3) is 5.47. The van der Waals surface area contributed by atoms with Crippen molar-refractivity contribution < 1.29 is 22.5 Å². The first-order chi connectivity index (χ1) is 19.8. The summed E-state index contributed by atoms with van der Waals surface area (Å²) in [5.41, 5.74) is 7.32. The zero-order valence-corrected chi connectivity index (χ0v) is 23.6. The van der Waals surface area contributed by atoms with Crippen molar-refractivity contribution in [2.24, 2.45) is 0 Å². The number of benzene rings is 1. The standard InChI is InChI=1S/C25H27F2N8O4S2/c1-41(37)12-11-39-19-14-17(15(26)13-16(19)27)33-7-4-32(5-8-33)6-9-34-22-20(40-25(34)36)23-29-21(18-3-2-10-38-18)31-35(23)24(28)30-22/h2-3,10,13-14,37H,4-9,11-12H2,1H3,(H2,28,30)/q+1. The number of nitrogen functional groups attached to an aromatic ring is 1. The van der Waals surface area contributed by atoms with E-state index in [0.29, 0.717) is 72.6 Å². The van der Waals surface area contributed by atoms with Gasteiger partial charge in [-0.2, -0.15) is 14.1 Å². The van der Waals surface area contributed by atoms with Gasteiger partial charge in [-0.05, 0) is 12.1 Å². The molecule has 3 N–H and O–H groups in total. The predicted molar refractivity (Wildman–Crippen MR) is 154 cm³/mol. The van der Waals surface area contributed by atoms with Crippen molar-refractivity contribution in [3.63, 3.8) is 0 Å². The molecule has 16 heteroatoms. The molecule has 1 aliphatic rings. The summed E-state index contributed by atoms with van der Waals surface area (Å²) in [5.74, 6) is -0.175. The topological polar surface area (TPSA) is 140 Å².